The molecule has 1 aromatic heterocycles. The van der Waals surface area contributed by atoms with Crippen molar-refractivity contribution in [1.82, 2.24) is 9.78 Å². The fourth-order valence-corrected chi connectivity index (χ4v) is 1.87. The Bertz CT molecular complexity index is 811. The average molecular weight is 284 g/mol. The number of aromatic hydroxyl groups is 2. The van der Waals surface area contributed by atoms with Gasteiger partial charge in [-0.15, -0.1) is 0 Å². The van der Waals surface area contributed by atoms with Gasteiger partial charge in [0.2, 0.25) is 0 Å². The highest BCUT2D eigenvalue weighted by Crippen LogP contribution is 2.38. The normalized spacial score (nSPS) is 9.81. The van der Waals surface area contributed by atoms with Gasteiger partial charge in [0.1, 0.15) is 18.2 Å². The number of nitrogens with zero attached hydrogens (tertiary/aromatic N) is 4. The summed E-state index contributed by atoms with van der Waals surface area (Å²) in [7, 11) is 0. The number of phenols is 2. The summed E-state index contributed by atoms with van der Waals surface area (Å²) in [5, 5.41) is 49.9. The zero-order valence-corrected chi connectivity index (χ0v) is 10.5. The Hall–Kier alpha value is -3.52. The molecule has 0 aliphatic rings. The number of rotatable bonds is 3. The summed E-state index contributed by atoms with van der Waals surface area (Å²) in [6.45, 7) is -0.381. The Labute approximate surface area is 118 Å². The predicted octanol–water partition coefficient (Wildman–Crippen LogP) is 0.789. The van der Waals surface area contributed by atoms with Gasteiger partial charge in [-0.2, -0.15) is 15.6 Å². The van der Waals surface area contributed by atoms with E-state index in [-0.39, 0.29) is 23.2 Å². The van der Waals surface area contributed by atoms with E-state index in [0.717, 1.165) is 10.7 Å². The van der Waals surface area contributed by atoms with Crippen LogP contribution in [0.25, 0.3) is 11.1 Å². The maximum atomic E-state index is 10.6. The number of carboxylic acids is 1. The van der Waals surface area contributed by atoms with Gasteiger partial charge in [-0.25, -0.2) is 0 Å². The van der Waals surface area contributed by atoms with Crippen molar-refractivity contribution in [3.8, 4) is 34.8 Å². The Morgan fingerprint density at radius 1 is 1.33 bits per heavy atom. The fourth-order valence-electron chi connectivity index (χ4n) is 1.87. The standard InChI is InChI=1S/C13H8N4O4/c14-2-7-1-10(18)13(21)9(3-15)12(7)8-4-16-17(5-8)6-11(19)20/h1,4-5,18,21H,6H2,(H,19,20). The summed E-state index contributed by atoms with van der Waals surface area (Å²) in [6, 6.07) is 4.55. The molecule has 0 fully saturated rings. The second-order valence-corrected chi connectivity index (χ2v) is 4.09. The zero-order chi connectivity index (χ0) is 15.6. The van der Waals surface area contributed by atoms with Crippen molar-refractivity contribution in [3.63, 3.8) is 0 Å². The molecule has 0 aliphatic carbocycles. The number of hydrogen-bond acceptors (Lipinski definition) is 6. The van der Waals surface area contributed by atoms with Crippen LogP contribution in [0.3, 0.4) is 0 Å². The first kappa shape index (κ1) is 13.9. The Morgan fingerprint density at radius 3 is 2.62 bits per heavy atom. The van der Waals surface area contributed by atoms with Crippen LogP contribution < -0.4 is 0 Å². The van der Waals surface area contributed by atoms with Crippen molar-refractivity contribution >= 4 is 5.97 Å². The summed E-state index contributed by atoms with van der Waals surface area (Å²) >= 11 is 0. The number of hydrogen-bond donors (Lipinski definition) is 3. The number of carbonyl (C=O) groups is 1. The lowest BCUT2D eigenvalue weighted by Gasteiger charge is -2.07. The lowest BCUT2D eigenvalue weighted by Crippen LogP contribution is -2.08. The molecule has 0 saturated heterocycles. The van der Waals surface area contributed by atoms with E-state index >= 15 is 0 Å². The van der Waals surface area contributed by atoms with Gasteiger partial charge in [0.15, 0.2) is 11.5 Å². The third-order valence-electron chi connectivity index (χ3n) is 2.73. The van der Waals surface area contributed by atoms with Gasteiger partial charge in [-0.05, 0) is 0 Å². The molecule has 0 radical (unpaired) electrons. The molecule has 0 atom stereocenters. The summed E-state index contributed by atoms with van der Waals surface area (Å²) in [5.74, 6) is -2.32. The summed E-state index contributed by atoms with van der Waals surface area (Å²) in [4.78, 5) is 10.6. The third kappa shape index (κ3) is 2.46. The van der Waals surface area contributed by atoms with Crippen molar-refractivity contribution in [1.29, 1.82) is 10.5 Å². The van der Waals surface area contributed by atoms with Crippen molar-refractivity contribution in [2.24, 2.45) is 0 Å². The van der Waals surface area contributed by atoms with E-state index in [0.29, 0.717) is 5.56 Å². The summed E-state index contributed by atoms with van der Waals surface area (Å²) in [6.07, 6.45) is 2.61. The third-order valence-corrected chi connectivity index (χ3v) is 2.73. The average Bonchev–Trinajstić information content (AvgIpc) is 2.88. The Morgan fingerprint density at radius 2 is 2.05 bits per heavy atom. The molecular formula is C13H8N4O4. The highest BCUT2D eigenvalue weighted by atomic mass is 16.4. The maximum absolute atomic E-state index is 10.6. The van der Waals surface area contributed by atoms with Gasteiger partial charge in [-0.3, -0.25) is 9.48 Å². The molecule has 0 amide bonds. The van der Waals surface area contributed by atoms with Crippen LogP contribution in [0.15, 0.2) is 18.5 Å². The van der Waals surface area contributed by atoms with Crippen LogP contribution in [0, 0.1) is 22.7 Å². The minimum absolute atomic E-state index is 0.0308. The van der Waals surface area contributed by atoms with Crippen molar-refractivity contribution in [3.05, 3.63) is 29.6 Å². The van der Waals surface area contributed by atoms with Crippen LogP contribution in [0.4, 0.5) is 0 Å². The highest BCUT2D eigenvalue weighted by Gasteiger charge is 2.20. The van der Waals surface area contributed by atoms with E-state index in [1.54, 1.807) is 6.07 Å². The quantitative estimate of drug-likeness (QED) is 0.706. The van der Waals surface area contributed by atoms with Crippen LogP contribution in [-0.4, -0.2) is 31.1 Å². The van der Waals surface area contributed by atoms with Gasteiger partial charge < -0.3 is 15.3 Å². The predicted molar refractivity (Wildman–Crippen MR) is 68.1 cm³/mol. The minimum Gasteiger partial charge on any atom is -0.504 e. The molecule has 1 heterocycles. The second kappa shape index (κ2) is 5.23. The molecule has 3 N–H and O–H groups in total. The molecule has 104 valence electrons. The largest absolute Gasteiger partial charge is 0.504 e. The lowest BCUT2D eigenvalue weighted by atomic mass is 9.96. The fraction of sp³-hybridized carbons (Fsp3) is 0.0769. The van der Waals surface area contributed by atoms with E-state index in [9.17, 15) is 15.0 Å². The molecular weight excluding hydrogens is 276 g/mol. The number of carboxylic acid groups (broad SMARTS) is 1. The van der Waals surface area contributed by atoms with Gasteiger partial charge in [0, 0.05) is 23.4 Å². The van der Waals surface area contributed by atoms with Crippen LogP contribution in [0.5, 0.6) is 11.5 Å². The van der Waals surface area contributed by atoms with Gasteiger partial charge >= 0.3 is 5.97 Å². The molecule has 1 aromatic carbocycles. The van der Waals surface area contributed by atoms with E-state index in [4.69, 9.17) is 15.6 Å². The van der Waals surface area contributed by atoms with E-state index in [1.807, 2.05) is 6.07 Å². The maximum Gasteiger partial charge on any atom is 0.325 e. The molecule has 2 aromatic rings. The van der Waals surface area contributed by atoms with Crippen molar-refractivity contribution < 1.29 is 20.1 Å². The minimum atomic E-state index is -1.10. The molecule has 2 rings (SSSR count). The first-order valence-electron chi connectivity index (χ1n) is 5.61. The number of nitriles is 2. The number of benzene rings is 1. The first-order valence-corrected chi connectivity index (χ1v) is 5.61. The molecule has 8 nitrogen and oxygen atoms in total. The number of phenolic OH excluding ortho intramolecular Hbond substituents is 2. The van der Waals surface area contributed by atoms with Crippen molar-refractivity contribution in [2.45, 2.75) is 6.54 Å². The van der Waals surface area contributed by atoms with Crippen LogP contribution in [0.1, 0.15) is 11.1 Å². The Balaban J connectivity index is 2.66. The van der Waals surface area contributed by atoms with E-state index < -0.39 is 17.5 Å². The molecule has 8 heteroatoms. The SMILES string of the molecule is N#Cc1cc(O)c(O)c(C#N)c1-c1cnn(CC(=O)O)c1. The molecule has 0 bridgehead atoms. The van der Waals surface area contributed by atoms with Crippen molar-refractivity contribution in [2.75, 3.05) is 0 Å². The zero-order valence-electron chi connectivity index (χ0n) is 10.5. The molecule has 0 spiro atoms. The van der Waals surface area contributed by atoms with Gasteiger partial charge in [0.05, 0.1) is 17.8 Å². The van der Waals surface area contributed by atoms with Gasteiger partial charge in [-0.1, -0.05) is 0 Å². The smallest absolute Gasteiger partial charge is 0.325 e. The first-order chi connectivity index (χ1) is 9.97. The van der Waals surface area contributed by atoms with Crippen LogP contribution in [0.2, 0.25) is 0 Å². The van der Waals surface area contributed by atoms with Crippen LogP contribution >= 0.6 is 0 Å². The molecule has 0 saturated carbocycles. The Kier molecular flexibility index (Phi) is 3.46. The number of aromatic nitrogens is 2. The molecule has 0 unspecified atom stereocenters. The van der Waals surface area contributed by atoms with Gasteiger partial charge in [0.25, 0.3) is 0 Å². The second-order valence-electron chi connectivity index (χ2n) is 4.09. The van der Waals surface area contributed by atoms with E-state index in [1.165, 1.54) is 12.4 Å². The molecule has 0 aliphatic heterocycles. The lowest BCUT2D eigenvalue weighted by molar-refractivity contribution is -0.137. The summed E-state index contributed by atoms with van der Waals surface area (Å²) < 4.78 is 1.11. The topological polar surface area (TPSA) is 143 Å². The monoisotopic (exact) mass is 284 g/mol. The number of aliphatic carboxylic acids is 1. The highest BCUT2D eigenvalue weighted by molar-refractivity contribution is 5.80. The van der Waals surface area contributed by atoms with E-state index in [2.05, 4.69) is 5.10 Å². The van der Waals surface area contributed by atoms with Crippen LogP contribution in [-0.2, 0) is 11.3 Å². The summed E-state index contributed by atoms with van der Waals surface area (Å²) in [5.41, 5.74) is 0.0738. The molecule has 21 heavy (non-hydrogen) atoms.